The number of nitrogens with one attached hydrogen (secondary N) is 1. The zero-order valence-electron chi connectivity index (χ0n) is 14.2. The van der Waals surface area contributed by atoms with Gasteiger partial charge in [-0.05, 0) is 42.9 Å². The van der Waals surface area contributed by atoms with Crippen LogP contribution in [0.1, 0.15) is 38.6 Å². The lowest BCUT2D eigenvalue weighted by molar-refractivity contribution is 0.0146. The number of benzene rings is 1. The first-order chi connectivity index (χ1) is 11.1. The van der Waals surface area contributed by atoms with Gasteiger partial charge in [-0.15, -0.1) is 0 Å². The molecule has 0 bridgehead atoms. The molecule has 1 aromatic carbocycles. The molecule has 0 spiro atoms. The van der Waals surface area contributed by atoms with Crippen molar-refractivity contribution in [2.24, 2.45) is 11.3 Å². The van der Waals surface area contributed by atoms with E-state index in [1.807, 2.05) is 36.4 Å². The van der Waals surface area contributed by atoms with Gasteiger partial charge in [0.15, 0.2) is 5.76 Å². The Balaban J connectivity index is 1.52. The van der Waals surface area contributed by atoms with Crippen molar-refractivity contribution in [1.29, 1.82) is 0 Å². The van der Waals surface area contributed by atoms with Crippen molar-refractivity contribution >= 4 is 0 Å². The number of aromatic nitrogens is 1. The Morgan fingerprint density at radius 1 is 1.30 bits per heavy atom. The summed E-state index contributed by atoms with van der Waals surface area (Å²) in [4.78, 5) is 0. The van der Waals surface area contributed by atoms with Crippen LogP contribution < -0.4 is 10.1 Å². The van der Waals surface area contributed by atoms with Gasteiger partial charge in [-0.3, -0.25) is 0 Å². The number of para-hydroxylation sites is 1. The second kappa shape index (κ2) is 6.75. The van der Waals surface area contributed by atoms with Crippen LogP contribution in [0.5, 0.6) is 5.75 Å². The highest BCUT2D eigenvalue weighted by Gasteiger charge is 2.47. The fourth-order valence-electron chi connectivity index (χ4n) is 3.40. The van der Waals surface area contributed by atoms with Gasteiger partial charge in [-0.2, -0.15) is 0 Å². The van der Waals surface area contributed by atoms with Gasteiger partial charge in [0.25, 0.3) is 0 Å². The Morgan fingerprint density at radius 3 is 2.78 bits per heavy atom. The second-order valence-electron chi connectivity index (χ2n) is 6.95. The van der Waals surface area contributed by atoms with Crippen molar-refractivity contribution in [3.8, 4) is 5.75 Å². The van der Waals surface area contributed by atoms with E-state index in [1.54, 1.807) is 0 Å². The molecule has 0 radical (unpaired) electrons. The molecule has 3 rings (SSSR count). The summed E-state index contributed by atoms with van der Waals surface area (Å²) in [5.74, 6) is 2.28. The van der Waals surface area contributed by atoms with Crippen LogP contribution in [0.2, 0.25) is 0 Å². The van der Waals surface area contributed by atoms with Crippen LogP contribution in [0.4, 0.5) is 0 Å². The molecule has 1 aromatic heterocycles. The van der Waals surface area contributed by atoms with Crippen molar-refractivity contribution in [3.05, 3.63) is 47.9 Å². The third kappa shape index (κ3) is 3.58. The first kappa shape index (κ1) is 16.1. The average Bonchev–Trinajstić information content (AvgIpc) is 3.01. The molecule has 1 fully saturated rings. The van der Waals surface area contributed by atoms with Crippen molar-refractivity contribution in [2.45, 2.75) is 46.3 Å². The molecule has 1 aliphatic rings. The minimum Gasteiger partial charge on any atom is -0.486 e. The van der Waals surface area contributed by atoms with E-state index in [2.05, 4.69) is 31.2 Å². The monoisotopic (exact) mass is 314 g/mol. The molecule has 2 aromatic rings. The minimum atomic E-state index is 0.315. The summed E-state index contributed by atoms with van der Waals surface area (Å²) in [7, 11) is 0. The molecular formula is C19H26N2O2. The zero-order chi connectivity index (χ0) is 16.3. The lowest BCUT2D eigenvalue weighted by Crippen LogP contribution is -2.57. The minimum absolute atomic E-state index is 0.315. The van der Waals surface area contributed by atoms with Crippen LogP contribution in [0.15, 0.2) is 40.9 Å². The summed E-state index contributed by atoms with van der Waals surface area (Å²) in [5, 5.41) is 7.78. The number of ether oxygens (including phenoxy) is 1. The van der Waals surface area contributed by atoms with E-state index in [9.17, 15) is 0 Å². The maximum Gasteiger partial charge on any atom is 0.174 e. The van der Waals surface area contributed by atoms with Crippen molar-refractivity contribution < 1.29 is 9.26 Å². The van der Waals surface area contributed by atoms with Gasteiger partial charge in [0, 0.05) is 12.1 Å². The van der Waals surface area contributed by atoms with Crippen LogP contribution in [0.25, 0.3) is 0 Å². The molecule has 0 unspecified atom stereocenters. The SMILES string of the molecule is CCN[C@H]1C[C@@H](Cc2cc(COc3ccccc3)on2)C1(C)C. The number of hydrogen-bond donors (Lipinski definition) is 1. The fraction of sp³-hybridized carbons (Fsp3) is 0.526. The molecule has 4 heteroatoms. The van der Waals surface area contributed by atoms with Gasteiger partial charge >= 0.3 is 0 Å². The third-order valence-corrected chi connectivity index (χ3v) is 5.11. The molecule has 0 aliphatic heterocycles. The maximum absolute atomic E-state index is 5.70. The quantitative estimate of drug-likeness (QED) is 0.844. The first-order valence-electron chi connectivity index (χ1n) is 8.45. The molecule has 2 atom stereocenters. The highest BCUT2D eigenvalue weighted by molar-refractivity contribution is 5.21. The van der Waals surface area contributed by atoms with E-state index in [0.717, 1.165) is 30.2 Å². The predicted octanol–water partition coefficient (Wildman–Crippen LogP) is 3.82. The smallest absolute Gasteiger partial charge is 0.174 e. The summed E-state index contributed by atoms with van der Waals surface area (Å²) in [6.07, 6.45) is 2.19. The van der Waals surface area contributed by atoms with Crippen LogP contribution in [-0.4, -0.2) is 17.7 Å². The summed E-state index contributed by atoms with van der Waals surface area (Å²) >= 11 is 0. The van der Waals surface area contributed by atoms with E-state index in [4.69, 9.17) is 9.26 Å². The molecule has 23 heavy (non-hydrogen) atoms. The second-order valence-corrected chi connectivity index (χ2v) is 6.95. The van der Waals surface area contributed by atoms with Crippen LogP contribution in [0, 0.1) is 11.3 Å². The zero-order valence-corrected chi connectivity index (χ0v) is 14.2. The summed E-state index contributed by atoms with van der Waals surface area (Å²) in [6, 6.07) is 12.4. The first-order valence-corrected chi connectivity index (χ1v) is 8.45. The molecule has 1 heterocycles. The Morgan fingerprint density at radius 2 is 2.09 bits per heavy atom. The van der Waals surface area contributed by atoms with Crippen LogP contribution >= 0.6 is 0 Å². The van der Waals surface area contributed by atoms with Crippen molar-refractivity contribution in [2.75, 3.05) is 6.54 Å². The number of hydrogen-bond acceptors (Lipinski definition) is 4. The largest absolute Gasteiger partial charge is 0.486 e. The van der Waals surface area contributed by atoms with Gasteiger partial charge in [0.2, 0.25) is 0 Å². The lowest BCUT2D eigenvalue weighted by Gasteiger charge is -2.52. The van der Waals surface area contributed by atoms with Crippen molar-refractivity contribution in [1.82, 2.24) is 10.5 Å². The number of rotatable bonds is 7. The van der Waals surface area contributed by atoms with Gasteiger partial charge in [-0.25, -0.2) is 0 Å². The average molecular weight is 314 g/mol. The summed E-state index contributed by atoms with van der Waals surface area (Å²) in [5.41, 5.74) is 1.35. The predicted molar refractivity (Wildman–Crippen MR) is 90.3 cm³/mol. The Kier molecular flexibility index (Phi) is 4.71. The van der Waals surface area contributed by atoms with E-state index in [0.29, 0.717) is 24.0 Å². The van der Waals surface area contributed by atoms with E-state index in [-0.39, 0.29) is 0 Å². The molecule has 1 saturated carbocycles. The fourth-order valence-corrected chi connectivity index (χ4v) is 3.40. The normalized spacial score (nSPS) is 22.6. The molecule has 4 nitrogen and oxygen atoms in total. The van der Waals surface area contributed by atoms with E-state index in [1.165, 1.54) is 6.42 Å². The molecule has 1 aliphatic carbocycles. The van der Waals surface area contributed by atoms with Gasteiger partial charge in [-0.1, -0.05) is 44.1 Å². The third-order valence-electron chi connectivity index (χ3n) is 5.11. The molecular weight excluding hydrogens is 288 g/mol. The van der Waals surface area contributed by atoms with Gasteiger partial charge in [0.05, 0.1) is 5.69 Å². The standard InChI is InChI=1S/C19H26N2O2/c1-4-20-18-11-14(19(18,2)3)10-15-12-17(23-21-15)13-22-16-8-6-5-7-9-16/h5-9,12,14,18,20H,4,10-11,13H2,1-3H3/t14-,18+/m1/s1. The lowest BCUT2D eigenvalue weighted by atomic mass is 9.57. The van der Waals surface area contributed by atoms with Crippen molar-refractivity contribution in [3.63, 3.8) is 0 Å². The van der Waals surface area contributed by atoms with E-state index >= 15 is 0 Å². The Hall–Kier alpha value is -1.81. The Labute approximate surface area is 138 Å². The number of nitrogens with zero attached hydrogens (tertiary/aromatic N) is 1. The maximum atomic E-state index is 5.70. The molecule has 0 saturated heterocycles. The molecule has 0 amide bonds. The summed E-state index contributed by atoms with van der Waals surface area (Å²) in [6.45, 7) is 8.30. The van der Waals surface area contributed by atoms with Gasteiger partial charge < -0.3 is 14.6 Å². The molecule has 124 valence electrons. The molecule has 1 N–H and O–H groups in total. The van der Waals surface area contributed by atoms with Gasteiger partial charge in [0.1, 0.15) is 12.4 Å². The Bertz CT molecular complexity index is 621. The van der Waals surface area contributed by atoms with Crippen LogP contribution in [0.3, 0.4) is 0 Å². The van der Waals surface area contributed by atoms with Crippen LogP contribution in [-0.2, 0) is 13.0 Å². The highest BCUT2D eigenvalue weighted by Crippen LogP contribution is 2.47. The van der Waals surface area contributed by atoms with E-state index < -0.39 is 0 Å². The highest BCUT2D eigenvalue weighted by atomic mass is 16.5. The topological polar surface area (TPSA) is 47.3 Å². The summed E-state index contributed by atoms with van der Waals surface area (Å²) < 4.78 is 11.1.